The zero-order valence-corrected chi connectivity index (χ0v) is 21.5. The van der Waals surface area contributed by atoms with Gasteiger partial charge in [-0.25, -0.2) is 14.2 Å². The molecule has 0 spiro atoms. The standard InChI is InChI=1S/C27H18ClF4N3O2S/c1-14-4-3-7-34-23(14)35(13-20-12-33-26(28)38-20)25(37)22(24(34)36)17-9-16(10-19(29)11-17)21-6-5-18(8-15(21)2)27(30,31)32/h3-12H,13H2,1-2H3/p+1. The average Bonchev–Trinajstić information content (AvgIpc) is 3.25. The third-order valence-corrected chi connectivity index (χ3v) is 7.32. The summed E-state index contributed by atoms with van der Waals surface area (Å²) in [6.07, 6.45) is -1.41. The molecule has 0 aliphatic rings. The Kier molecular flexibility index (Phi) is 6.48. The molecule has 194 valence electrons. The van der Waals surface area contributed by atoms with E-state index >= 15 is 0 Å². The van der Waals surface area contributed by atoms with Crippen LogP contribution in [0.1, 0.15) is 21.6 Å². The van der Waals surface area contributed by atoms with Crippen LogP contribution in [0.25, 0.3) is 27.9 Å². The number of fused-ring (bicyclic) bond motifs is 1. The molecule has 0 atom stereocenters. The van der Waals surface area contributed by atoms with Crippen LogP contribution in [0.15, 0.2) is 65.7 Å². The van der Waals surface area contributed by atoms with Gasteiger partial charge in [-0.1, -0.05) is 17.7 Å². The minimum absolute atomic E-state index is 0.0776. The number of alkyl halides is 3. The van der Waals surface area contributed by atoms with Gasteiger partial charge >= 0.3 is 11.7 Å². The Balaban J connectivity index is 1.74. The molecule has 3 aromatic heterocycles. The number of hydrogen-bond donors (Lipinski definition) is 1. The molecule has 5 nitrogen and oxygen atoms in total. The number of thiazole rings is 1. The fraction of sp³-hybridized carbons (Fsp3) is 0.148. The molecule has 0 bridgehead atoms. The van der Waals surface area contributed by atoms with E-state index in [2.05, 4.69) is 4.98 Å². The second-order valence-corrected chi connectivity index (χ2v) is 10.5. The molecule has 11 heteroatoms. The number of aromatic nitrogens is 3. The largest absolute Gasteiger partial charge is 0.477 e. The van der Waals surface area contributed by atoms with E-state index in [1.807, 2.05) is 0 Å². The topological polar surface area (TPSA) is 58.5 Å². The van der Waals surface area contributed by atoms with E-state index < -0.39 is 29.0 Å². The maximum absolute atomic E-state index is 14.9. The van der Waals surface area contributed by atoms with E-state index in [-0.39, 0.29) is 28.8 Å². The second kappa shape index (κ2) is 9.52. The van der Waals surface area contributed by atoms with Crippen molar-refractivity contribution in [3.63, 3.8) is 0 Å². The Morgan fingerprint density at radius 3 is 2.47 bits per heavy atom. The predicted molar refractivity (Wildman–Crippen MR) is 137 cm³/mol. The quantitative estimate of drug-likeness (QED) is 0.200. The number of aryl methyl sites for hydroxylation is 2. The van der Waals surface area contributed by atoms with Gasteiger partial charge in [0.05, 0.1) is 16.6 Å². The van der Waals surface area contributed by atoms with E-state index in [0.717, 1.165) is 18.2 Å². The monoisotopic (exact) mass is 560 g/mol. The predicted octanol–water partition coefficient (Wildman–Crippen LogP) is 6.56. The van der Waals surface area contributed by atoms with Crippen LogP contribution in [0.5, 0.6) is 5.88 Å². The molecule has 0 fully saturated rings. The summed E-state index contributed by atoms with van der Waals surface area (Å²) in [6.45, 7) is 3.42. The van der Waals surface area contributed by atoms with Crippen LogP contribution in [-0.4, -0.2) is 14.5 Å². The van der Waals surface area contributed by atoms with Crippen molar-refractivity contribution >= 4 is 28.6 Å². The van der Waals surface area contributed by atoms with Crippen LogP contribution in [0, 0.1) is 19.7 Å². The molecule has 0 unspecified atom stereocenters. The average molecular weight is 561 g/mol. The minimum Gasteiger partial charge on any atom is -0.477 e. The van der Waals surface area contributed by atoms with Gasteiger partial charge in [0, 0.05) is 17.3 Å². The van der Waals surface area contributed by atoms with Gasteiger partial charge < -0.3 is 5.11 Å². The lowest BCUT2D eigenvalue weighted by Gasteiger charge is -2.14. The van der Waals surface area contributed by atoms with E-state index in [1.54, 1.807) is 31.5 Å². The summed E-state index contributed by atoms with van der Waals surface area (Å²) >= 11 is 7.20. The summed E-state index contributed by atoms with van der Waals surface area (Å²) in [5.41, 5.74) is 0.565. The molecule has 0 aliphatic carbocycles. The first kappa shape index (κ1) is 25.9. The van der Waals surface area contributed by atoms with Crippen molar-refractivity contribution in [3.05, 3.63) is 103 Å². The summed E-state index contributed by atoms with van der Waals surface area (Å²) < 4.78 is 57.6. The van der Waals surface area contributed by atoms with Crippen LogP contribution >= 0.6 is 22.9 Å². The zero-order valence-electron chi connectivity index (χ0n) is 20.0. The lowest BCUT2D eigenvalue weighted by atomic mass is 9.95. The molecule has 0 amide bonds. The second-order valence-electron chi connectivity index (χ2n) is 8.81. The number of pyridine rings is 1. The van der Waals surface area contributed by atoms with Crippen molar-refractivity contribution < 1.29 is 27.2 Å². The Morgan fingerprint density at radius 2 is 1.82 bits per heavy atom. The van der Waals surface area contributed by atoms with E-state index in [4.69, 9.17) is 11.6 Å². The van der Waals surface area contributed by atoms with Crippen molar-refractivity contribution in [2.75, 3.05) is 0 Å². The molecular formula is C27H19ClF4N3O2S+. The Bertz CT molecular complexity index is 1780. The number of hydrogen-bond acceptors (Lipinski definition) is 4. The number of benzene rings is 2. The van der Waals surface area contributed by atoms with Gasteiger partial charge in [0.25, 0.3) is 11.5 Å². The maximum atomic E-state index is 14.9. The molecule has 3 heterocycles. The highest BCUT2D eigenvalue weighted by molar-refractivity contribution is 7.15. The highest BCUT2D eigenvalue weighted by Crippen LogP contribution is 2.35. The first-order valence-corrected chi connectivity index (χ1v) is 12.5. The summed E-state index contributed by atoms with van der Waals surface area (Å²) in [6, 6.07) is 10.4. The molecule has 5 rings (SSSR count). The Labute approximate surface area is 222 Å². The van der Waals surface area contributed by atoms with Crippen molar-refractivity contribution in [1.82, 2.24) is 9.38 Å². The molecule has 0 saturated heterocycles. The maximum Gasteiger partial charge on any atom is 0.416 e. The highest BCUT2D eigenvalue weighted by Gasteiger charge is 2.31. The molecule has 0 saturated carbocycles. The van der Waals surface area contributed by atoms with E-state index in [0.29, 0.717) is 26.1 Å². The van der Waals surface area contributed by atoms with Crippen LogP contribution in [-0.2, 0) is 12.7 Å². The molecule has 0 radical (unpaired) electrons. The van der Waals surface area contributed by atoms with Crippen molar-refractivity contribution in [2.24, 2.45) is 0 Å². The van der Waals surface area contributed by atoms with Crippen LogP contribution < -0.4 is 10.1 Å². The smallest absolute Gasteiger partial charge is 0.416 e. The fourth-order valence-electron chi connectivity index (χ4n) is 4.54. The summed E-state index contributed by atoms with van der Waals surface area (Å²) in [4.78, 5) is 18.3. The first-order chi connectivity index (χ1) is 17.9. The Hall–Kier alpha value is -3.76. The van der Waals surface area contributed by atoms with Gasteiger partial charge in [0.1, 0.15) is 12.4 Å². The summed E-state index contributed by atoms with van der Waals surface area (Å²) in [5, 5.41) is 11.4. The third-order valence-electron chi connectivity index (χ3n) is 6.22. The van der Waals surface area contributed by atoms with Crippen molar-refractivity contribution in [1.29, 1.82) is 0 Å². The first-order valence-electron chi connectivity index (χ1n) is 11.3. The normalized spacial score (nSPS) is 11.9. The summed E-state index contributed by atoms with van der Waals surface area (Å²) in [7, 11) is 0. The molecular weight excluding hydrogens is 542 g/mol. The molecule has 2 aromatic carbocycles. The number of halogens is 5. The molecule has 1 N–H and O–H groups in total. The summed E-state index contributed by atoms with van der Waals surface area (Å²) in [5.74, 6) is -1.11. The lowest BCUT2D eigenvalue weighted by Crippen LogP contribution is -2.41. The SMILES string of the molecule is Cc1cc(C(F)(F)F)ccc1-c1cc(F)cc(-c2c(O)[n+](Cc3cnc(Cl)s3)c3c(C)cccn3c2=O)c1. The van der Waals surface area contributed by atoms with Gasteiger partial charge in [-0.3, -0.25) is 0 Å². The number of aromatic hydroxyl groups is 1. The van der Waals surface area contributed by atoms with Crippen molar-refractivity contribution in [3.8, 4) is 28.1 Å². The van der Waals surface area contributed by atoms with Crippen LogP contribution in [0.2, 0.25) is 4.47 Å². The molecule has 5 aromatic rings. The van der Waals surface area contributed by atoms with Crippen LogP contribution in [0.3, 0.4) is 0 Å². The van der Waals surface area contributed by atoms with Crippen LogP contribution in [0.4, 0.5) is 17.6 Å². The molecule has 0 aliphatic heterocycles. The van der Waals surface area contributed by atoms with Crippen molar-refractivity contribution in [2.45, 2.75) is 26.6 Å². The number of rotatable bonds is 4. The van der Waals surface area contributed by atoms with Gasteiger partial charge in [-0.05, 0) is 73.0 Å². The lowest BCUT2D eigenvalue weighted by molar-refractivity contribution is -0.671. The minimum atomic E-state index is -4.52. The van der Waals surface area contributed by atoms with Gasteiger partial charge in [-0.15, -0.1) is 11.3 Å². The number of nitrogens with zero attached hydrogens (tertiary/aromatic N) is 3. The fourth-order valence-corrected chi connectivity index (χ4v) is 5.50. The van der Waals surface area contributed by atoms with Gasteiger partial charge in [0.15, 0.2) is 10.0 Å². The zero-order chi connectivity index (χ0) is 27.4. The third kappa shape index (κ3) is 4.65. The Morgan fingerprint density at radius 1 is 1.08 bits per heavy atom. The van der Waals surface area contributed by atoms with E-state index in [9.17, 15) is 27.5 Å². The van der Waals surface area contributed by atoms with Gasteiger partial charge in [-0.2, -0.15) is 22.1 Å². The molecule has 38 heavy (non-hydrogen) atoms. The van der Waals surface area contributed by atoms with Gasteiger partial charge in [0.2, 0.25) is 0 Å². The van der Waals surface area contributed by atoms with E-state index in [1.165, 1.54) is 45.4 Å². The highest BCUT2D eigenvalue weighted by atomic mass is 35.5.